The number of rotatable bonds is 2. The molecule has 0 bridgehead atoms. The van der Waals surface area contributed by atoms with Crippen LogP contribution in [0.15, 0.2) is 12.3 Å². The third-order valence-electron chi connectivity index (χ3n) is 0.520. The molecule has 0 aromatic rings. The van der Waals surface area contributed by atoms with E-state index in [1.54, 1.807) is 6.92 Å². The van der Waals surface area contributed by atoms with E-state index in [2.05, 4.69) is 11.3 Å². The van der Waals surface area contributed by atoms with E-state index in [1.807, 2.05) is 6.92 Å². The van der Waals surface area contributed by atoms with Crippen molar-refractivity contribution in [2.24, 2.45) is 0 Å². The number of hydrogen-bond acceptors (Lipinski definition) is 3. The van der Waals surface area contributed by atoms with Gasteiger partial charge in [0.25, 0.3) is 0 Å². The Balaban J connectivity index is 3.39. The van der Waals surface area contributed by atoms with Crippen molar-refractivity contribution in [2.75, 3.05) is 5.75 Å². The van der Waals surface area contributed by atoms with Gasteiger partial charge in [0.1, 0.15) is 0 Å². The van der Waals surface area contributed by atoms with Crippen molar-refractivity contribution in [3.63, 3.8) is 0 Å². The minimum absolute atomic E-state index is 0.273. The van der Waals surface area contributed by atoms with Gasteiger partial charge < -0.3 is 4.74 Å². The van der Waals surface area contributed by atoms with E-state index in [4.69, 9.17) is 0 Å². The van der Waals surface area contributed by atoms with Gasteiger partial charge in [-0.2, -0.15) is 0 Å². The third kappa shape index (κ3) is 5.43. The maximum Gasteiger partial charge on any atom is 0.372 e. The molecule has 0 spiro atoms. The molecule has 0 rings (SSSR count). The molecule has 0 aliphatic heterocycles. The van der Waals surface area contributed by atoms with Crippen LogP contribution in [0.5, 0.6) is 0 Å². The van der Waals surface area contributed by atoms with E-state index in [1.165, 1.54) is 0 Å². The van der Waals surface area contributed by atoms with E-state index in [0.29, 0.717) is 5.76 Å². The van der Waals surface area contributed by atoms with Gasteiger partial charge in [0, 0.05) is 5.75 Å². The topological polar surface area (TPSA) is 26.3 Å². The second-order valence-electron chi connectivity index (χ2n) is 1.49. The zero-order chi connectivity index (χ0) is 7.28. The van der Waals surface area contributed by atoms with Gasteiger partial charge >= 0.3 is 5.30 Å². The smallest absolute Gasteiger partial charge is 0.372 e. The summed E-state index contributed by atoms with van der Waals surface area (Å²) in [5, 5.41) is -0.273. The third-order valence-corrected chi connectivity index (χ3v) is 1.13. The van der Waals surface area contributed by atoms with Gasteiger partial charge in [-0.25, -0.2) is 4.79 Å². The summed E-state index contributed by atoms with van der Waals surface area (Å²) in [7, 11) is 0. The van der Waals surface area contributed by atoms with Crippen LogP contribution in [0.2, 0.25) is 0 Å². The summed E-state index contributed by atoms with van der Waals surface area (Å²) in [5.41, 5.74) is 0. The Morgan fingerprint density at radius 3 is 2.67 bits per heavy atom. The van der Waals surface area contributed by atoms with Gasteiger partial charge in [0.15, 0.2) is 0 Å². The number of carbonyl (C=O) groups excluding carboxylic acids is 1. The Morgan fingerprint density at radius 1 is 1.78 bits per heavy atom. The number of carbonyl (C=O) groups is 1. The van der Waals surface area contributed by atoms with Crippen molar-refractivity contribution in [1.29, 1.82) is 0 Å². The largest absolute Gasteiger partial charge is 0.424 e. The van der Waals surface area contributed by atoms with Crippen molar-refractivity contribution in [1.82, 2.24) is 0 Å². The maximum atomic E-state index is 10.5. The zero-order valence-electron chi connectivity index (χ0n) is 5.64. The minimum atomic E-state index is -0.273. The fraction of sp³-hybridized carbons (Fsp3) is 0.500. The molecule has 0 saturated heterocycles. The Hall–Kier alpha value is -0.440. The summed E-state index contributed by atoms with van der Waals surface area (Å²) in [6.45, 7) is 6.96. The SMILES string of the molecule is C=C(C)OC(=O)SCC. The molecule has 0 heterocycles. The monoisotopic (exact) mass is 146 g/mol. The number of thioether (sulfide) groups is 1. The molecule has 0 amide bonds. The van der Waals surface area contributed by atoms with Crippen molar-refractivity contribution in [3.05, 3.63) is 12.3 Å². The van der Waals surface area contributed by atoms with Crippen LogP contribution in [-0.2, 0) is 4.74 Å². The van der Waals surface area contributed by atoms with Gasteiger partial charge in [0.2, 0.25) is 0 Å². The van der Waals surface area contributed by atoms with Crippen molar-refractivity contribution in [3.8, 4) is 0 Å². The number of allylic oxidation sites excluding steroid dienone is 1. The normalized spacial score (nSPS) is 8.67. The highest BCUT2D eigenvalue weighted by Crippen LogP contribution is 2.06. The summed E-state index contributed by atoms with van der Waals surface area (Å²) in [6.07, 6.45) is 0. The lowest BCUT2D eigenvalue weighted by atomic mass is 10.7. The highest BCUT2D eigenvalue weighted by atomic mass is 32.2. The molecule has 0 radical (unpaired) electrons. The zero-order valence-corrected chi connectivity index (χ0v) is 6.46. The first-order valence-corrected chi connectivity index (χ1v) is 3.65. The van der Waals surface area contributed by atoms with E-state index in [-0.39, 0.29) is 5.30 Å². The lowest BCUT2D eigenvalue weighted by Crippen LogP contribution is -1.93. The summed E-state index contributed by atoms with van der Waals surface area (Å²) < 4.78 is 4.62. The molecule has 0 aromatic carbocycles. The van der Waals surface area contributed by atoms with Crippen LogP contribution < -0.4 is 0 Å². The Morgan fingerprint density at radius 2 is 2.33 bits per heavy atom. The number of ether oxygens (including phenoxy) is 1. The van der Waals surface area contributed by atoms with Crippen molar-refractivity contribution < 1.29 is 9.53 Å². The Bertz CT molecular complexity index is 120. The van der Waals surface area contributed by atoms with Crippen LogP contribution in [0.1, 0.15) is 13.8 Å². The minimum Gasteiger partial charge on any atom is -0.424 e. The van der Waals surface area contributed by atoms with Crippen LogP contribution in [0.25, 0.3) is 0 Å². The van der Waals surface area contributed by atoms with Gasteiger partial charge in [-0.05, 0) is 18.7 Å². The molecule has 52 valence electrons. The molecule has 0 saturated carbocycles. The lowest BCUT2D eigenvalue weighted by Gasteiger charge is -1.98. The Labute approximate surface area is 59.3 Å². The van der Waals surface area contributed by atoms with Crippen LogP contribution >= 0.6 is 11.8 Å². The second-order valence-corrected chi connectivity index (χ2v) is 2.69. The fourth-order valence-electron chi connectivity index (χ4n) is 0.290. The Kier molecular flexibility index (Phi) is 4.22. The second kappa shape index (κ2) is 4.44. The van der Waals surface area contributed by atoms with Crippen LogP contribution in [-0.4, -0.2) is 11.1 Å². The first kappa shape index (κ1) is 8.56. The first-order chi connectivity index (χ1) is 4.16. The predicted octanol–water partition coefficient (Wildman–Crippen LogP) is 2.41. The highest BCUT2D eigenvalue weighted by molar-refractivity contribution is 8.13. The maximum absolute atomic E-state index is 10.5. The predicted molar refractivity (Wildman–Crippen MR) is 39.4 cm³/mol. The highest BCUT2D eigenvalue weighted by Gasteiger charge is 1.99. The summed E-state index contributed by atoms with van der Waals surface area (Å²) >= 11 is 1.14. The molecule has 0 N–H and O–H groups in total. The summed E-state index contributed by atoms with van der Waals surface area (Å²) in [5.74, 6) is 1.19. The van der Waals surface area contributed by atoms with E-state index >= 15 is 0 Å². The molecule has 3 heteroatoms. The van der Waals surface area contributed by atoms with Gasteiger partial charge in [-0.1, -0.05) is 13.5 Å². The molecule has 0 aromatic heterocycles. The van der Waals surface area contributed by atoms with E-state index in [0.717, 1.165) is 17.5 Å². The van der Waals surface area contributed by atoms with Crippen molar-refractivity contribution >= 4 is 17.1 Å². The van der Waals surface area contributed by atoms with E-state index < -0.39 is 0 Å². The standard InChI is InChI=1S/C6H10O2S/c1-4-9-6(7)8-5(2)3/h2,4H2,1,3H3. The molecule has 0 fully saturated rings. The molecule has 0 aliphatic carbocycles. The lowest BCUT2D eigenvalue weighted by molar-refractivity contribution is 0.205. The molecule has 0 atom stereocenters. The molecule has 9 heavy (non-hydrogen) atoms. The van der Waals surface area contributed by atoms with Crippen LogP contribution in [0.3, 0.4) is 0 Å². The van der Waals surface area contributed by atoms with E-state index in [9.17, 15) is 4.79 Å². The van der Waals surface area contributed by atoms with Gasteiger partial charge in [-0.3, -0.25) is 0 Å². The quantitative estimate of drug-likeness (QED) is 0.442. The molecule has 0 unspecified atom stereocenters. The average Bonchev–Trinajstić information content (AvgIpc) is 1.63. The van der Waals surface area contributed by atoms with Crippen molar-refractivity contribution in [2.45, 2.75) is 13.8 Å². The van der Waals surface area contributed by atoms with Gasteiger partial charge in [0.05, 0.1) is 5.76 Å². The van der Waals surface area contributed by atoms with Crippen LogP contribution in [0.4, 0.5) is 4.79 Å². The van der Waals surface area contributed by atoms with Gasteiger partial charge in [-0.15, -0.1) is 0 Å². The molecular weight excluding hydrogens is 136 g/mol. The average molecular weight is 146 g/mol. The summed E-state index contributed by atoms with van der Waals surface area (Å²) in [6, 6.07) is 0. The number of hydrogen-bond donors (Lipinski definition) is 0. The first-order valence-electron chi connectivity index (χ1n) is 2.67. The van der Waals surface area contributed by atoms with Crippen LogP contribution in [0, 0.1) is 0 Å². The summed E-state index contributed by atoms with van der Waals surface area (Å²) in [4.78, 5) is 10.5. The molecule has 0 aliphatic rings. The fourth-order valence-corrected chi connectivity index (χ4v) is 0.726. The molecule has 2 nitrogen and oxygen atoms in total. The molecular formula is C6H10O2S.